The van der Waals surface area contributed by atoms with E-state index in [4.69, 9.17) is 0 Å². The van der Waals surface area contributed by atoms with Crippen LogP contribution in [0.3, 0.4) is 0 Å². The van der Waals surface area contributed by atoms with E-state index in [1.165, 1.54) is 51.5 Å². The van der Waals surface area contributed by atoms with Crippen molar-refractivity contribution in [2.45, 2.75) is 76.5 Å². The van der Waals surface area contributed by atoms with Crippen molar-refractivity contribution in [1.82, 2.24) is 4.90 Å². The minimum Gasteiger partial charge on any atom is -0.391 e. The molecular formula is C13H25NO. The Morgan fingerprint density at radius 1 is 0.933 bits per heavy atom. The van der Waals surface area contributed by atoms with Crippen LogP contribution in [-0.4, -0.2) is 34.7 Å². The van der Waals surface area contributed by atoms with Crippen molar-refractivity contribution in [3.05, 3.63) is 0 Å². The van der Waals surface area contributed by atoms with E-state index >= 15 is 0 Å². The number of aliphatic hydroxyl groups is 1. The summed E-state index contributed by atoms with van der Waals surface area (Å²) in [5, 5.41) is 10.2. The molecule has 0 amide bonds. The maximum atomic E-state index is 10.2. The third-order valence-corrected chi connectivity index (χ3v) is 4.22. The standard InChI is InChI=1S/C13H25NO/c1-11-7-6-10-14(11)12-8-4-2-3-5-9-13(12)15/h11-13,15H,2-10H2,1H3. The van der Waals surface area contributed by atoms with Crippen molar-refractivity contribution in [2.24, 2.45) is 0 Å². The molecule has 2 fully saturated rings. The van der Waals surface area contributed by atoms with Crippen LogP contribution < -0.4 is 0 Å². The smallest absolute Gasteiger partial charge is 0.0695 e. The fourth-order valence-corrected chi connectivity index (χ4v) is 3.28. The third kappa shape index (κ3) is 2.73. The van der Waals surface area contributed by atoms with Crippen LogP contribution in [0.15, 0.2) is 0 Å². The van der Waals surface area contributed by atoms with E-state index in [-0.39, 0.29) is 6.10 Å². The molecule has 88 valence electrons. The predicted octanol–water partition coefficient (Wildman–Crippen LogP) is 2.55. The largest absolute Gasteiger partial charge is 0.391 e. The van der Waals surface area contributed by atoms with Crippen LogP contribution >= 0.6 is 0 Å². The second-order valence-corrected chi connectivity index (χ2v) is 5.36. The molecule has 2 aliphatic rings. The van der Waals surface area contributed by atoms with Crippen molar-refractivity contribution in [1.29, 1.82) is 0 Å². The summed E-state index contributed by atoms with van der Waals surface area (Å²) in [6.45, 7) is 3.53. The van der Waals surface area contributed by atoms with Crippen molar-refractivity contribution in [2.75, 3.05) is 6.54 Å². The molecule has 0 bridgehead atoms. The second-order valence-electron chi connectivity index (χ2n) is 5.36. The fraction of sp³-hybridized carbons (Fsp3) is 1.00. The predicted molar refractivity (Wildman–Crippen MR) is 62.9 cm³/mol. The summed E-state index contributed by atoms with van der Waals surface area (Å²) in [4.78, 5) is 2.57. The number of likely N-dealkylation sites (tertiary alicyclic amines) is 1. The van der Waals surface area contributed by atoms with Gasteiger partial charge in [-0.15, -0.1) is 0 Å². The lowest BCUT2D eigenvalue weighted by molar-refractivity contribution is 0.0278. The number of rotatable bonds is 1. The quantitative estimate of drug-likeness (QED) is 0.720. The highest BCUT2D eigenvalue weighted by molar-refractivity contribution is 4.87. The monoisotopic (exact) mass is 211 g/mol. The van der Waals surface area contributed by atoms with Crippen molar-refractivity contribution in [3.8, 4) is 0 Å². The molecule has 2 nitrogen and oxygen atoms in total. The first-order valence-corrected chi connectivity index (χ1v) is 6.73. The van der Waals surface area contributed by atoms with E-state index in [2.05, 4.69) is 11.8 Å². The topological polar surface area (TPSA) is 23.5 Å². The zero-order valence-corrected chi connectivity index (χ0v) is 9.99. The van der Waals surface area contributed by atoms with E-state index in [0.29, 0.717) is 12.1 Å². The average molecular weight is 211 g/mol. The molecule has 1 N–H and O–H groups in total. The summed E-state index contributed by atoms with van der Waals surface area (Å²) in [5.41, 5.74) is 0. The van der Waals surface area contributed by atoms with Crippen LogP contribution in [0.4, 0.5) is 0 Å². The molecule has 1 aliphatic heterocycles. The molecule has 0 aromatic carbocycles. The van der Waals surface area contributed by atoms with Gasteiger partial charge >= 0.3 is 0 Å². The van der Waals surface area contributed by atoms with E-state index in [1.54, 1.807) is 0 Å². The van der Waals surface area contributed by atoms with E-state index in [9.17, 15) is 5.11 Å². The Morgan fingerprint density at radius 3 is 2.33 bits per heavy atom. The maximum absolute atomic E-state index is 10.2. The summed E-state index contributed by atoms with van der Waals surface area (Å²) in [7, 11) is 0. The zero-order chi connectivity index (χ0) is 10.7. The molecule has 0 aromatic heterocycles. The number of nitrogens with zero attached hydrogens (tertiary/aromatic N) is 1. The minimum absolute atomic E-state index is 0.0640. The van der Waals surface area contributed by atoms with Crippen LogP contribution in [0.25, 0.3) is 0 Å². The Hall–Kier alpha value is -0.0800. The maximum Gasteiger partial charge on any atom is 0.0695 e. The molecule has 15 heavy (non-hydrogen) atoms. The van der Waals surface area contributed by atoms with Gasteiger partial charge in [0.1, 0.15) is 0 Å². The zero-order valence-electron chi connectivity index (χ0n) is 9.99. The Bertz CT molecular complexity index is 195. The van der Waals surface area contributed by atoms with Crippen molar-refractivity contribution >= 4 is 0 Å². The summed E-state index contributed by atoms with van der Waals surface area (Å²) in [6.07, 6.45) is 10.0. The molecule has 1 saturated heterocycles. The first-order valence-electron chi connectivity index (χ1n) is 6.73. The molecule has 0 aromatic rings. The molecule has 1 aliphatic carbocycles. The summed E-state index contributed by atoms with van der Waals surface area (Å²) < 4.78 is 0. The van der Waals surface area contributed by atoms with Gasteiger partial charge in [0, 0.05) is 12.1 Å². The first kappa shape index (κ1) is 11.4. The van der Waals surface area contributed by atoms with Gasteiger partial charge < -0.3 is 5.11 Å². The molecule has 0 spiro atoms. The first-order chi connectivity index (χ1) is 7.29. The molecule has 0 radical (unpaired) electrons. The average Bonchev–Trinajstić information content (AvgIpc) is 2.59. The Labute approximate surface area is 93.7 Å². The van der Waals surface area contributed by atoms with Gasteiger partial charge in [-0.3, -0.25) is 4.90 Å². The molecule has 1 saturated carbocycles. The molecule has 3 unspecified atom stereocenters. The highest BCUT2D eigenvalue weighted by Crippen LogP contribution is 2.27. The normalized spacial score (nSPS) is 40.0. The van der Waals surface area contributed by atoms with Gasteiger partial charge in [-0.1, -0.05) is 25.7 Å². The van der Waals surface area contributed by atoms with E-state index in [0.717, 1.165) is 6.42 Å². The lowest BCUT2D eigenvalue weighted by Crippen LogP contribution is -2.45. The summed E-state index contributed by atoms with van der Waals surface area (Å²) in [5.74, 6) is 0. The van der Waals surface area contributed by atoms with Crippen LogP contribution in [0.1, 0.15) is 58.3 Å². The van der Waals surface area contributed by atoms with Crippen LogP contribution in [0.5, 0.6) is 0 Å². The van der Waals surface area contributed by atoms with Crippen LogP contribution in [-0.2, 0) is 0 Å². The number of hydrogen-bond donors (Lipinski definition) is 1. The Morgan fingerprint density at radius 2 is 1.67 bits per heavy atom. The summed E-state index contributed by atoms with van der Waals surface area (Å²) >= 11 is 0. The lowest BCUT2D eigenvalue weighted by Gasteiger charge is -2.36. The fourth-order valence-electron chi connectivity index (χ4n) is 3.28. The molecule has 2 heteroatoms. The molecule has 3 atom stereocenters. The minimum atomic E-state index is -0.0640. The van der Waals surface area contributed by atoms with Gasteiger partial charge in [0.15, 0.2) is 0 Å². The molecule has 1 heterocycles. The van der Waals surface area contributed by atoms with Gasteiger partial charge in [-0.05, 0) is 39.2 Å². The number of aliphatic hydroxyl groups excluding tert-OH is 1. The van der Waals surface area contributed by atoms with E-state index in [1.807, 2.05) is 0 Å². The Balaban J connectivity index is 1.96. The van der Waals surface area contributed by atoms with Crippen molar-refractivity contribution < 1.29 is 5.11 Å². The van der Waals surface area contributed by atoms with Gasteiger partial charge in [0.25, 0.3) is 0 Å². The Kier molecular flexibility index (Phi) is 4.04. The lowest BCUT2D eigenvalue weighted by atomic mass is 9.93. The van der Waals surface area contributed by atoms with Crippen molar-refractivity contribution in [3.63, 3.8) is 0 Å². The van der Waals surface area contributed by atoms with Gasteiger partial charge in [-0.2, -0.15) is 0 Å². The van der Waals surface area contributed by atoms with Gasteiger partial charge in [0.05, 0.1) is 6.10 Å². The van der Waals surface area contributed by atoms with E-state index < -0.39 is 0 Å². The highest BCUT2D eigenvalue weighted by Gasteiger charge is 2.32. The SMILES string of the molecule is CC1CCCN1C1CCCCCCC1O. The van der Waals surface area contributed by atoms with Gasteiger partial charge in [-0.25, -0.2) is 0 Å². The highest BCUT2D eigenvalue weighted by atomic mass is 16.3. The molecule has 2 rings (SSSR count). The number of hydrogen-bond acceptors (Lipinski definition) is 2. The van der Waals surface area contributed by atoms with Crippen LogP contribution in [0, 0.1) is 0 Å². The molecular weight excluding hydrogens is 186 g/mol. The van der Waals surface area contributed by atoms with Crippen LogP contribution in [0.2, 0.25) is 0 Å². The second kappa shape index (κ2) is 5.31. The summed E-state index contributed by atoms with van der Waals surface area (Å²) in [6, 6.07) is 1.16. The van der Waals surface area contributed by atoms with Gasteiger partial charge in [0.2, 0.25) is 0 Å². The third-order valence-electron chi connectivity index (χ3n) is 4.22.